The standard InChI is InChI=1S/C7H7N2O/c10-9-5-1-2-6-3-4-8-7(6)9/h1-5,7,10H/q+1. The van der Waals surface area contributed by atoms with Crippen molar-refractivity contribution in [3.05, 3.63) is 23.8 Å². The van der Waals surface area contributed by atoms with Crippen molar-refractivity contribution in [3.8, 4) is 0 Å². The van der Waals surface area contributed by atoms with E-state index in [1.807, 2.05) is 12.2 Å². The summed E-state index contributed by atoms with van der Waals surface area (Å²) in [5.41, 5.74) is 1.03. The van der Waals surface area contributed by atoms with Crippen LogP contribution in [0.3, 0.4) is 0 Å². The number of nitrogens with zero attached hydrogens (tertiary/aromatic N) is 2. The van der Waals surface area contributed by atoms with Gasteiger partial charge in [-0.05, 0) is 12.2 Å². The summed E-state index contributed by atoms with van der Waals surface area (Å²) in [4.78, 5) is 4.01. The normalized spacial score (nSPS) is 27.8. The minimum Gasteiger partial charge on any atom is -0.288 e. The van der Waals surface area contributed by atoms with E-state index < -0.39 is 0 Å². The number of hydrogen-bond acceptors (Lipinski definition) is 2. The first-order valence-electron chi connectivity index (χ1n) is 3.10. The lowest BCUT2D eigenvalue weighted by molar-refractivity contribution is -0.789. The largest absolute Gasteiger partial charge is 0.319 e. The number of rotatable bonds is 0. The Kier molecular flexibility index (Phi) is 0.974. The molecule has 0 amide bonds. The Bertz CT molecular complexity index is 273. The van der Waals surface area contributed by atoms with E-state index in [9.17, 15) is 0 Å². The molecule has 2 rings (SSSR count). The molecule has 1 unspecified atom stereocenters. The molecule has 2 aliphatic heterocycles. The summed E-state index contributed by atoms with van der Waals surface area (Å²) in [5, 5.41) is 9.15. The maximum Gasteiger partial charge on any atom is 0.319 e. The molecule has 2 aliphatic rings. The fraction of sp³-hybridized carbons (Fsp3) is 0.143. The molecule has 0 spiro atoms. The van der Waals surface area contributed by atoms with E-state index in [1.54, 1.807) is 18.5 Å². The van der Waals surface area contributed by atoms with Crippen LogP contribution in [0, 0.1) is 0 Å². The quantitative estimate of drug-likeness (QED) is 0.378. The van der Waals surface area contributed by atoms with Gasteiger partial charge in [0, 0.05) is 22.6 Å². The van der Waals surface area contributed by atoms with Crippen molar-refractivity contribution in [2.75, 3.05) is 0 Å². The first kappa shape index (κ1) is 5.41. The molecule has 0 radical (unpaired) electrons. The van der Waals surface area contributed by atoms with E-state index in [0.717, 1.165) is 10.3 Å². The van der Waals surface area contributed by atoms with Crippen LogP contribution in [-0.4, -0.2) is 28.5 Å². The average molecular weight is 135 g/mol. The minimum atomic E-state index is -0.190. The fourth-order valence-corrected chi connectivity index (χ4v) is 1.07. The highest BCUT2D eigenvalue weighted by molar-refractivity contribution is 5.79. The molecule has 2 heterocycles. The average Bonchev–Trinajstić information content (AvgIpc) is 2.36. The van der Waals surface area contributed by atoms with Gasteiger partial charge in [-0.2, -0.15) is 0 Å². The van der Waals surface area contributed by atoms with Gasteiger partial charge in [0.15, 0.2) is 0 Å². The second-order valence-electron chi connectivity index (χ2n) is 2.23. The van der Waals surface area contributed by atoms with Gasteiger partial charge >= 0.3 is 6.17 Å². The third-order valence-electron chi connectivity index (χ3n) is 1.57. The highest BCUT2D eigenvalue weighted by atomic mass is 16.5. The van der Waals surface area contributed by atoms with Crippen LogP contribution in [0.5, 0.6) is 0 Å². The highest BCUT2D eigenvalue weighted by Crippen LogP contribution is 2.14. The molecule has 0 aromatic rings. The van der Waals surface area contributed by atoms with Crippen LogP contribution < -0.4 is 0 Å². The van der Waals surface area contributed by atoms with Crippen molar-refractivity contribution in [2.24, 2.45) is 4.99 Å². The summed E-state index contributed by atoms with van der Waals surface area (Å²) in [5.74, 6) is 0. The van der Waals surface area contributed by atoms with Gasteiger partial charge in [0.25, 0.3) is 0 Å². The van der Waals surface area contributed by atoms with Gasteiger partial charge in [-0.1, -0.05) is 0 Å². The molecule has 50 valence electrons. The first-order valence-corrected chi connectivity index (χ1v) is 3.10. The van der Waals surface area contributed by atoms with Crippen LogP contribution in [0.15, 0.2) is 28.8 Å². The van der Waals surface area contributed by atoms with Gasteiger partial charge < -0.3 is 0 Å². The Morgan fingerprint density at radius 1 is 1.60 bits per heavy atom. The smallest absolute Gasteiger partial charge is 0.288 e. The second-order valence-corrected chi connectivity index (χ2v) is 2.23. The molecule has 1 atom stereocenters. The van der Waals surface area contributed by atoms with Crippen LogP contribution >= 0.6 is 0 Å². The van der Waals surface area contributed by atoms with Crippen LogP contribution in [0.25, 0.3) is 0 Å². The Hall–Kier alpha value is -1.38. The number of hydrogen-bond donors (Lipinski definition) is 1. The van der Waals surface area contributed by atoms with E-state index in [0.29, 0.717) is 0 Å². The Morgan fingerprint density at radius 2 is 2.50 bits per heavy atom. The first-order chi connectivity index (χ1) is 4.88. The third-order valence-corrected chi connectivity index (χ3v) is 1.57. The number of fused-ring (bicyclic) bond motifs is 1. The van der Waals surface area contributed by atoms with E-state index in [-0.39, 0.29) is 6.17 Å². The molecule has 3 heteroatoms. The molecule has 0 saturated heterocycles. The van der Waals surface area contributed by atoms with E-state index in [2.05, 4.69) is 4.99 Å². The summed E-state index contributed by atoms with van der Waals surface area (Å²) in [6.45, 7) is 0. The predicted molar refractivity (Wildman–Crippen MR) is 37.6 cm³/mol. The Balaban J connectivity index is 2.43. The summed E-state index contributed by atoms with van der Waals surface area (Å²) in [6.07, 6.45) is 8.71. The van der Waals surface area contributed by atoms with Crippen molar-refractivity contribution in [2.45, 2.75) is 6.17 Å². The van der Waals surface area contributed by atoms with E-state index in [4.69, 9.17) is 5.21 Å². The van der Waals surface area contributed by atoms with Crippen LogP contribution in [-0.2, 0) is 0 Å². The number of aliphatic imine (C=N–C) groups is 1. The van der Waals surface area contributed by atoms with Crippen molar-refractivity contribution in [3.63, 3.8) is 0 Å². The lowest BCUT2D eigenvalue weighted by Gasteiger charge is -2.03. The van der Waals surface area contributed by atoms with Crippen molar-refractivity contribution in [1.82, 2.24) is 0 Å². The number of allylic oxidation sites excluding steroid dienone is 2. The summed E-state index contributed by atoms with van der Waals surface area (Å²) >= 11 is 0. The van der Waals surface area contributed by atoms with Gasteiger partial charge in [-0.15, -0.1) is 0 Å². The second kappa shape index (κ2) is 1.80. The molecule has 0 saturated carbocycles. The highest BCUT2D eigenvalue weighted by Gasteiger charge is 2.27. The zero-order valence-electron chi connectivity index (χ0n) is 5.31. The molecule has 0 bridgehead atoms. The maximum atomic E-state index is 9.15. The maximum absolute atomic E-state index is 9.15. The topological polar surface area (TPSA) is 35.6 Å². The van der Waals surface area contributed by atoms with Gasteiger partial charge in [-0.25, -0.2) is 4.99 Å². The zero-order chi connectivity index (χ0) is 6.97. The molecular formula is C7H7N2O+. The SMILES string of the molecule is O[N+]1=CC=CC2=CC=NC21. The molecule has 3 nitrogen and oxygen atoms in total. The summed E-state index contributed by atoms with van der Waals surface area (Å²) in [7, 11) is 0. The van der Waals surface area contributed by atoms with Gasteiger partial charge in [0.1, 0.15) is 0 Å². The van der Waals surface area contributed by atoms with Crippen LogP contribution in [0.2, 0.25) is 0 Å². The van der Waals surface area contributed by atoms with Gasteiger partial charge in [-0.3, -0.25) is 5.21 Å². The van der Waals surface area contributed by atoms with Crippen LogP contribution in [0.1, 0.15) is 0 Å². The molecule has 1 N–H and O–H groups in total. The zero-order valence-corrected chi connectivity index (χ0v) is 5.31. The summed E-state index contributed by atoms with van der Waals surface area (Å²) < 4.78 is 1.09. The Morgan fingerprint density at radius 3 is 3.30 bits per heavy atom. The fourth-order valence-electron chi connectivity index (χ4n) is 1.07. The molecule has 10 heavy (non-hydrogen) atoms. The van der Waals surface area contributed by atoms with Crippen molar-refractivity contribution < 1.29 is 9.95 Å². The van der Waals surface area contributed by atoms with E-state index >= 15 is 0 Å². The Labute approximate surface area is 58.3 Å². The van der Waals surface area contributed by atoms with Crippen molar-refractivity contribution in [1.29, 1.82) is 0 Å². The lowest BCUT2D eigenvalue weighted by atomic mass is 10.2. The molecule has 0 aliphatic carbocycles. The van der Waals surface area contributed by atoms with Crippen molar-refractivity contribution >= 4 is 12.4 Å². The minimum absolute atomic E-state index is 0.190. The number of hydroxylamine groups is 1. The lowest BCUT2D eigenvalue weighted by Crippen LogP contribution is -2.24. The van der Waals surface area contributed by atoms with Crippen LogP contribution in [0.4, 0.5) is 0 Å². The molecule has 0 fully saturated rings. The molecule has 0 aromatic carbocycles. The van der Waals surface area contributed by atoms with Gasteiger partial charge in [0.05, 0.1) is 0 Å². The monoisotopic (exact) mass is 135 g/mol. The predicted octanol–water partition coefficient (Wildman–Crippen LogP) is 0.366. The van der Waals surface area contributed by atoms with E-state index in [1.165, 1.54) is 0 Å². The summed E-state index contributed by atoms with van der Waals surface area (Å²) in [6, 6.07) is 0. The third kappa shape index (κ3) is 0.603. The van der Waals surface area contributed by atoms with Gasteiger partial charge in [0.2, 0.25) is 6.21 Å². The molecular weight excluding hydrogens is 128 g/mol. The molecule has 0 aromatic heterocycles.